The number of nitrogens with zero attached hydrogens (tertiary/aromatic N) is 2. The molecule has 1 atom stereocenters. The zero-order valence-corrected chi connectivity index (χ0v) is 12.0. The summed E-state index contributed by atoms with van der Waals surface area (Å²) >= 11 is 0. The van der Waals surface area contributed by atoms with E-state index >= 15 is 0 Å². The molecule has 0 spiro atoms. The van der Waals surface area contributed by atoms with Gasteiger partial charge in [-0.3, -0.25) is 4.90 Å². The van der Waals surface area contributed by atoms with Gasteiger partial charge in [0.25, 0.3) is 0 Å². The van der Waals surface area contributed by atoms with E-state index in [0.717, 1.165) is 12.1 Å². The minimum absolute atomic E-state index is 0.107. The molecule has 1 fully saturated rings. The van der Waals surface area contributed by atoms with Crippen LogP contribution < -0.4 is 0 Å². The van der Waals surface area contributed by atoms with E-state index in [9.17, 15) is 10.4 Å². The number of hydrogen-bond acceptors (Lipinski definition) is 3. The summed E-state index contributed by atoms with van der Waals surface area (Å²) in [7, 11) is 0. The van der Waals surface area contributed by atoms with Crippen LogP contribution in [0.4, 0.5) is 0 Å². The number of aliphatic hydroxyl groups is 1. The summed E-state index contributed by atoms with van der Waals surface area (Å²) < 4.78 is 0. The van der Waals surface area contributed by atoms with Gasteiger partial charge in [0.05, 0.1) is 18.6 Å². The van der Waals surface area contributed by atoms with Crippen molar-refractivity contribution in [3.8, 4) is 6.07 Å². The van der Waals surface area contributed by atoms with E-state index < -0.39 is 0 Å². The Labute approximate surface area is 121 Å². The molecular formula is C17H24N2O. The molecule has 1 aromatic rings. The van der Waals surface area contributed by atoms with Crippen molar-refractivity contribution in [2.75, 3.05) is 19.7 Å². The van der Waals surface area contributed by atoms with Crippen molar-refractivity contribution >= 4 is 0 Å². The van der Waals surface area contributed by atoms with E-state index in [2.05, 4.69) is 11.0 Å². The van der Waals surface area contributed by atoms with Crippen LogP contribution in [0.25, 0.3) is 0 Å². The zero-order chi connectivity index (χ0) is 14.2. The normalized spacial score (nSPS) is 17.9. The standard InChI is InChI=1S/C17H24N2O/c18-13-16(15-7-3-1-4-8-15)14-19(11-12-20)17-9-5-2-6-10-17/h1,3-4,7-8,16-17,20H,2,5-6,9-12,14H2. The predicted molar refractivity (Wildman–Crippen MR) is 80.3 cm³/mol. The second kappa shape index (κ2) is 8.04. The highest BCUT2D eigenvalue weighted by Crippen LogP contribution is 2.25. The fraction of sp³-hybridized carbons (Fsp3) is 0.588. The van der Waals surface area contributed by atoms with Gasteiger partial charge in [-0.25, -0.2) is 0 Å². The van der Waals surface area contributed by atoms with Crippen LogP contribution in [0, 0.1) is 11.3 Å². The van der Waals surface area contributed by atoms with Gasteiger partial charge in [-0.1, -0.05) is 49.6 Å². The molecule has 1 saturated carbocycles. The maximum Gasteiger partial charge on any atom is 0.0839 e. The SMILES string of the molecule is N#CC(CN(CCO)C1CCCCC1)c1ccccc1. The summed E-state index contributed by atoms with van der Waals surface area (Å²) in [6, 6.07) is 12.9. The van der Waals surface area contributed by atoms with Crippen molar-refractivity contribution < 1.29 is 5.11 Å². The van der Waals surface area contributed by atoms with Crippen LogP contribution in [0.3, 0.4) is 0 Å². The van der Waals surface area contributed by atoms with Gasteiger partial charge >= 0.3 is 0 Å². The predicted octanol–water partition coefficient (Wildman–Crippen LogP) is 2.92. The molecule has 1 aliphatic rings. The van der Waals surface area contributed by atoms with Crippen LogP contribution >= 0.6 is 0 Å². The number of hydrogen-bond donors (Lipinski definition) is 1. The Bertz CT molecular complexity index is 420. The lowest BCUT2D eigenvalue weighted by Crippen LogP contribution is -2.41. The van der Waals surface area contributed by atoms with Crippen molar-refractivity contribution in [3.63, 3.8) is 0 Å². The molecule has 0 heterocycles. The van der Waals surface area contributed by atoms with Crippen LogP contribution in [-0.2, 0) is 0 Å². The highest BCUT2D eigenvalue weighted by atomic mass is 16.3. The molecule has 108 valence electrons. The lowest BCUT2D eigenvalue weighted by Gasteiger charge is -2.35. The molecule has 1 aromatic carbocycles. The summed E-state index contributed by atoms with van der Waals surface area (Å²) in [6.45, 7) is 1.57. The van der Waals surface area contributed by atoms with E-state index in [0.29, 0.717) is 12.6 Å². The molecule has 0 saturated heterocycles. The summed E-state index contributed by atoms with van der Waals surface area (Å²) in [4.78, 5) is 2.32. The van der Waals surface area contributed by atoms with Crippen LogP contribution in [0.1, 0.15) is 43.6 Å². The van der Waals surface area contributed by atoms with E-state index in [4.69, 9.17) is 0 Å². The molecule has 0 amide bonds. The first-order valence-electron chi connectivity index (χ1n) is 7.64. The van der Waals surface area contributed by atoms with Gasteiger partial charge in [0, 0.05) is 19.1 Å². The second-order valence-corrected chi connectivity index (χ2v) is 5.60. The summed E-state index contributed by atoms with van der Waals surface area (Å²) in [5.41, 5.74) is 1.08. The smallest absolute Gasteiger partial charge is 0.0839 e. The van der Waals surface area contributed by atoms with Gasteiger partial charge in [0.15, 0.2) is 0 Å². The Balaban J connectivity index is 2.04. The summed E-state index contributed by atoms with van der Waals surface area (Å²) in [5.74, 6) is -0.107. The first kappa shape index (κ1) is 15.0. The van der Waals surface area contributed by atoms with E-state index in [1.807, 2.05) is 30.3 Å². The maximum atomic E-state index is 9.46. The topological polar surface area (TPSA) is 47.3 Å². The highest BCUT2D eigenvalue weighted by molar-refractivity contribution is 5.25. The molecule has 3 heteroatoms. The third-order valence-electron chi connectivity index (χ3n) is 4.25. The number of rotatable bonds is 6. The van der Waals surface area contributed by atoms with Gasteiger partial charge < -0.3 is 5.11 Å². The molecule has 2 rings (SSSR count). The van der Waals surface area contributed by atoms with Crippen molar-refractivity contribution in [1.29, 1.82) is 5.26 Å². The third kappa shape index (κ3) is 4.06. The first-order chi connectivity index (χ1) is 9.85. The minimum atomic E-state index is -0.107. The van der Waals surface area contributed by atoms with Gasteiger partial charge in [-0.2, -0.15) is 5.26 Å². The van der Waals surface area contributed by atoms with Crippen LogP contribution in [0.15, 0.2) is 30.3 Å². The number of aliphatic hydroxyl groups excluding tert-OH is 1. The van der Waals surface area contributed by atoms with E-state index in [1.54, 1.807) is 0 Å². The lowest BCUT2D eigenvalue weighted by atomic mass is 9.92. The molecular weight excluding hydrogens is 248 g/mol. The van der Waals surface area contributed by atoms with Gasteiger partial charge in [0.1, 0.15) is 0 Å². The Kier molecular flexibility index (Phi) is 6.04. The monoisotopic (exact) mass is 272 g/mol. The average Bonchev–Trinajstić information content (AvgIpc) is 2.53. The molecule has 1 unspecified atom stereocenters. The molecule has 0 aromatic heterocycles. The fourth-order valence-corrected chi connectivity index (χ4v) is 3.14. The van der Waals surface area contributed by atoms with Gasteiger partial charge in [0.2, 0.25) is 0 Å². The van der Waals surface area contributed by atoms with Gasteiger partial charge in [-0.15, -0.1) is 0 Å². The van der Waals surface area contributed by atoms with E-state index in [-0.39, 0.29) is 12.5 Å². The zero-order valence-electron chi connectivity index (χ0n) is 12.0. The van der Waals surface area contributed by atoms with Crippen LogP contribution in [0.2, 0.25) is 0 Å². The Morgan fingerprint density at radius 3 is 2.50 bits per heavy atom. The molecule has 0 radical (unpaired) electrons. The molecule has 3 nitrogen and oxygen atoms in total. The maximum absolute atomic E-state index is 9.46. The quantitative estimate of drug-likeness (QED) is 0.866. The van der Waals surface area contributed by atoms with Crippen LogP contribution in [0.5, 0.6) is 0 Å². The van der Waals surface area contributed by atoms with E-state index in [1.165, 1.54) is 32.1 Å². The molecule has 1 N–H and O–H groups in total. The Morgan fingerprint density at radius 1 is 1.20 bits per heavy atom. The van der Waals surface area contributed by atoms with Crippen LogP contribution in [-0.4, -0.2) is 35.7 Å². The molecule has 0 bridgehead atoms. The average molecular weight is 272 g/mol. The lowest BCUT2D eigenvalue weighted by molar-refractivity contribution is 0.122. The second-order valence-electron chi connectivity index (χ2n) is 5.60. The highest BCUT2D eigenvalue weighted by Gasteiger charge is 2.24. The first-order valence-corrected chi connectivity index (χ1v) is 7.64. The molecule has 0 aliphatic heterocycles. The largest absolute Gasteiger partial charge is 0.395 e. The third-order valence-corrected chi connectivity index (χ3v) is 4.25. The van der Waals surface area contributed by atoms with Crippen molar-refractivity contribution in [2.24, 2.45) is 0 Å². The molecule has 1 aliphatic carbocycles. The Hall–Kier alpha value is -1.37. The summed E-state index contributed by atoms with van der Waals surface area (Å²) in [6.07, 6.45) is 6.27. The fourth-order valence-electron chi connectivity index (χ4n) is 3.14. The minimum Gasteiger partial charge on any atom is -0.395 e. The number of nitriles is 1. The van der Waals surface area contributed by atoms with Crippen molar-refractivity contribution in [2.45, 2.75) is 44.1 Å². The molecule has 20 heavy (non-hydrogen) atoms. The van der Waals surface area contributed by atoms with Crippen molar-refractivity contribution in [3.05, 3.63) is 35.9 Å². The number of benzene rings is 1. The summed E-state index contributed by atoms with van der Waals surface area (Å²) in [5, 5.41) is 18.8. The Morgan fingerprint density at radius 2 is 1.90 bits per heavy atom. The van der Waals surface area contributed by atoms with Crippen molar-refractivity contribution in [1.82, 2.24) is 4.90 Å². The van der Waals surface area contributed by atoms with Gasteiger partial charge in [-0.05, 0) is 18.4 Å².